The quantitative estimate of drug-likeness (QED) is 0.728. The average Bonchev–Trinajstić information content (AvgIpc) is 2.35. The van der Waals surface area contributed by atoms with Gasteiger partial charge in [-0.2, -0.15) is 0 Å². The third-order valence-electron chi connectivity index (χ3n) is 2.37. The molecule has 0 heterocycles. The Morgan fingerprint density at radius 1 is 1.53 bits per heavy atom. The van der Waals surface area contributed by atoms with Crippen molar-refractivity contribution in [2.24, 2.45) is 0 Å². The van der Waals surface area contributed by atoms with Crippen molar-refractivity contribution in [2.75, 3.05) is 5.32 Å². The Morgan fingerprint density at radius 2 is 2.21 bits per heavy atom. The fourth-order valence-corrected chi connectivity index (χ4v) is 1.38. The summed E-state index contributed by atoms with van der Waals surface area (Å²) in [4.78, 5) is 22.5. The molecule has 1 aromatic carbocycles. The maximum atomic E-state index is 13.1. The zero-order valence-corrected chi connectivity index (χ0v) is 10.2. The first-order valence-corrected chi connectivity index (χ1v) is 5.54. The molecule has 3 N–H and O–H groups in total. The van der Waals surface area contributed by atoms with Crippen LogP contribution in [0.2, 0.25) is 0 Å². The van der Waals surface area contributed by atoms with Crippen molar-refractivity contribution in [3.63, 3.8) is 0 Å². The number of hydrogen-bond donors (Lipinski definition) is 3. The first-order valence-electron chi connectivity index (χ1n) is 5.54. The van der Waals surface area contributed by atoms with Crippen molar-refractivity contribution in [1.29, 1.82) is 0 Å². The van der Waals surface area contributed by atoms with Crippen LogP contribution in [-0.2, 0) is 0 Å². The standard InChI is InChI=1S/C13H13FN2O3/c1-3-9(4-2)15-13(19)16-11-7-8(14)5-6-10(11)12(17)18/h1,5-7,9H,4H2,2H3,(H,17,18)(H2,15,16,19). The van der Waals surface area contributed by atoms with Crippen LogP contribution in [0.25, 0.3) is 0 Å². The molecule has 0 aliphatic rings. The Bertz CT molecular complexity index is 537. The van der Waals surface area contributed by atoms with Crippen molar-refractivity contribution in [3.8, 4) is 12.3 Å². The zero-order valence-electron chi connectivity index (χ0n) is 10.2. The molecule has 5 nitrogen and oxygen atoms in total. The fourth-order valence-electron chi connectivity index (χ4n) is 1.38. The molecule has 1 aromatic rings. The first kappa shape index (κ1) is 14.5. The topological polar surface area (TPSA) is 78.4 Å². The second-order valence-corrected chi connectivity index (χ2v) is 3.72. The first-order chi connectivity index (χ1) is 8.97. The van der Waals surface area contributed by atoms with Crippen LogP contribution >= 0.6 is 0 Å². The number of benzene rings is 1. The lowest BCUT2D eigenvalue weighted by Gasteiger charge is -2.13. The van der Waals surface area contributed by atoms with Gasteiger partial charge in [-0.1, -0.05) is 12.8 Å². The van der Waals surface area contributed by atoms with Gasteiger partial charge in [-0.3, -0.25) is 0 Å². The molecule has 1 rings (SSSR count). The Kier molecular flexibility index (Phi) is 4.89. The number of anilines is 1. The molecule has 1 unspecified atom stereocenters. The highest BCUT2D eigenvalue weighted by molar-refractivity contribution is 6.00. The Hall–Kier alpha value is -2.55. The van der Waals surface area contributed by atoms with Crippen molar-refractivity contribution in [3.05, 3.63) is 29.6 Å². The highest BCUT2D eigenvalue weighted by Gasteiger charge is 2.14. The number of amides is 2. The van der Waals surface area contributed by atoms with Gasteiger partial charge >= 0.3 is 12.0 Å². The predicted molar refractivity (Wildman–Crippen MR) is 68.4 cm³/mol. The van der Waals surface area contributed by atoms with E-state index < -0.39 is 23.9 Å². The maximum Gasteiger partial charge on any atom is 0.337 e. The SMILES string of the molecule is C#CC(CC)NC(=O)Nc1cc(F)ccc1C(=O)O. The van der Waals surface area contributed by atoms with Gasteiger partial charge in [0.15, 0.2) is 0 Å². The van der Waals surface area contributed by atoms with Gasteiger partial charge in [0, 0.05) is 0 Å². The molecular weight excluding hydrogens is 251 g/mol. The number of rotatable bonds is 4. The van der Waals surface area contributed by atoms with Gasteiger partial charge in [0.25, 0.3) is 0 Å². The smallest absolute Gasteiger partial charge is 0.337 e. The average molecular weight is 264 g/mol. The molecule has 0 aromatic heterocycles. The normalized spacial score (nSPS) is 11.2. The van der Waals surface area contributed by atoms with E-state index in [1.807, 2.05) is 0 Å². The summed E-state index contributed by atoms with van der Waals surface area (Å²) in [5.74, 6) is 0.441. The third-order valence-corrected chi connectivity index (χ3v) is 2.37. The number of nitrogens with one attached hydrogen (secondary N) is 2. The van der Waals surface area contributed by atoms with Crippen LogP contribution in [0.4, 0.5) is 14.9 Å². The molecule has 0 aliphatic carbocycles. The summed E-state index contributed by atoms with van der Waals surface area (Å²) in [5, 5.41) is 13.6. The van der Waals surface area contributed by atoms with E-state index in [0.29, 0.717) is 6.42 Å². The largest absolute Gasteiger partial charge is 0.478 e. The molecule has 100 valence electrons. The summed E-state index contributed by atoms with van der Waals surface area (Å²) < 4.78 is 13.1. The summed E-state index contributed by atoms with van der Waals surface area (Å²) in [6.45, 7) is 1.79. The number of carbonyl (C=O) groups is 2. The van der Waals surface area contributed by atoms with Crippen LogP contribution in [0.5, 0.6) is 0 Å². The summed E-state index contributed by atoms with van der Waals surface area (Å²) in [6.07, 6.45) is 5.71. The Balaban J connectivity index is 2.87. The molecule has 2 amide bonds. The number of carbonyl (C=O) groups excluding carboxylic acids is 1. The van der Waals surface area contributed by atoms with Crippen molar-refractivity contribution in [1.82, 2.24) is 5.32 Å². The van der Waals surface area contributed by atoms with Gasteiger partial charge in [0.05, 0.1) is 17.3 Å². The predicted octanol–water partition coefficient (Wildman–Crippen LogP) is 2.06. The van der Waals surface area contributed by atoms with Gasteiger partial charge < -0.3 is 15.7 Å². The molecule has 0 spiro atoms. The minimum absolute atomic E-state index is 0.128. The van der Waals surface area contributed by atoms with Gasteiger partial charge in [-0.25, -0.2) is 14.0 Å². The second-order valence-electron chi connectivity index (χ2n) is 3.72. The van der Waals surface area contributed by atoms with E-state index >= 15 is 0 Å². The van der Waals surface area contributed by atoms with Gasteiger partial charge in [-0.15, -0.1) is 6.42 Å². The van der Waals surface area contributed by atoms with Gasteiger partial charge in [-0.05, 0) is 24.6 Å². The van der Waals surface area contributed by atoms with Gasteiger partial charge in [0.2, 0.25) is 0 Å². The number of hydrogen-bond acceptors (Lipinski definition) is 2. The minimum Gasteiger partial charge on any atom is -0.478 e. The lowest BCUT2D eigenvalue weighted by Crippen LogP contribution is -2.37. The van der Waals surface area contributed by atoms with Crippen LogP contribution in [-0.4, -0.2) is 23.1 Å². The lowest BCUT2D eigenvalue weighted by atomic mass is 10.1. The van der Waals surface area contributed by atoms with Crippen LogP contribution in [0.15, 0.2) is 18.2 Å². The number of aromatic carboxylic acids is 1. The number of carboxylic acid groups (broad SMARTS) is 1. The van der Waals surface area contributed by atoms with Crippen LogP contribution in [0.3, 0.4) is 0 Å². The fraction of sp³-hybridized carbons (Fsp3) is 0.231. The van der Waals surface area contributed by atoms with E-state index in [0.717, 1.165) is 18.2 Å². The molecule has 1 atom stereocenters. The van der Waals surface area contributed by atoms with E-state index in [1.165, 1.54) is 0 Å². The van der Waals surface area contributed by atoms with Crippen molar-refractivity contribution >= 4 is 17.7 Å². The molecule has 19 heavy (non-hydrogen) atoms. The molecule has 0 fully saturated rings. The Labute approximate surface area is 109 Å². The second kappa shape index (κ2) is 6.40. The summed E-state index contributed by atoms with van der Waals surface area (Å²) in [5.41, 5.74) is -0.331. The zero-order chi connectivity index (χ0) is 14.4. The minimum atomic E-state index is -1.26. The van der Waals surface area contributed by atoms with E-state index in [-0.39, 0.29) is 11.3 Å². The third kappa shape index (κ3) is 4.00. The summed E-state index contributed by atoms with van der Waals surface area (Å²) >= 11 is 0. The van der Waals surface area contributed by atoms with E-state index in [2.05, 4.69) is 16.6 Å². The molecular formula is C13H13FN2O3. The molecule has 0 saturated heterocycles. The molecule has 0 aliphatic heterocycles. The maximum absolute atomic E-state index is 13.1. The van der Waals surface area contributed by atoms with Crippen LogP contribution < -0.4 is 10.6 Å². The number of urea groups is 1. The van der Waals surface area contributed by atoms with Crippen LogP contribution in [0, 0.1) is 18.2 Å². The number of carboxylic acids is 1. The van der Waals surface area contributed by atoms with Crippen molar-refractivity contribution < 1.29 is 19.1 Å². The van der Waals surface area contributed by atoms with Crippen molar-refractivity contribution in [2.45, 2.75) is 19.4 Å². The molecule has 0 radical (unpaired) electrons. The molecule has 0 saturated carbocycles. The summed E-state index contributed by atoms with van der Waals surface area (Å²) in [6, 6.07) is 1.86. The number of terminal acetylenes is 1. The Morgan fingerprint density at radius 3 is 2.74 bits per heavy atom. The highest BCUT2D eigenvalue weighted by atomic mass is 19.1. The van der Waals surface area contributed by atoms with E-state index in [4.69, 9.17) is 11.5 Å². The molecule has 6 heteroatoms. The van der Waals surface area contributed by atoms with E-state index in [9.17, 15) is 14.0 Å². The molecule has 0 bridgehead atoms. The lowest BCUT2D eigenvalue weighted by molar-refractivity contribution is 0.0698. The van der Waals surface area contributed by atoms with E-state index in [1.54, 1.807) is 6.92 Å². The van der Waals surface area contributed by atoms with Crippen LogP contribution in [0.1, 0.15) is 23.7 Å². The van der Waals surface area contributed by atoms with Gasteiger partial charge in [0.1, 0.15) is 5.82 Å². The highest BCUT2D eigenvalue weighted by Crippen LogP contribution is 2.17. The monoisotopic (exact) mass is 264 g/mol. The summed E-state index contributed by atoms with van der Waals surface area (Å²) in [7, 11) is 0. The number of halogens is 1.